The Balaban J connectivity index is 2.72. The zero-order valence-electron chi connectivity index (χ0n) is 13.2. The molecule has 0 fully saturated rings. The molecular weight excluding hydrogens is 250 g/mol. The van der Waals surface area contributed by atoms with Gasteiger partial charge < -0.3 is 14.8 Å². The number of rotatable bonds is 8. The summed E-state index contributed by atoms with van der Waals surface area (Å²) in [7, 11) is 1.68. The number of nitrogens with one attached hydrogen (secondary N) is 1. The van der Waals surface area contributed by atoms with E-state index in [1.54, 1.807) is 7.11 Å². The fourth-order valence-corrected chi connectivity index (χ4v) is 1.73. The maximum Gasteiger partial charge on any atom is 0.124 e. The average molecular weight is 277 g/mol. The van der Waals surface area contributed by atoms with Crippen LogP contribution in [0.15, 0.2) is 30.9 Å². The van der Waals surface area contributed by atoms with Crippen LogP contribution in [0.25, 0.3) is 0 Å². The summed E-state index contributed by atoms with van der Waals surface area (Å²) in [6, 6.07) is 5.94. The zero-order chi connectivity index (χ0) is 15.0. The second-order valence-corrected chi connectivity index (χ2v) is 5.86. The van der Waals surface area contributed by atoms with Gasteiger partial charge in [0.25, 0.3) is 0 Å². The van der Waals surface area contributed by atoms with Crippen molar-refractivity contribution in [1.29, 1.82) is 0 Å². The van der Waals surface area contributed by atoms with Gasteiger partial charge in [0.15, 0.2) is 0 Å². The molecule has 0 spiro atoms. The fraction of sp³-hybridized carbons (Fsp3) is 0.529. The summed E-state index contributed by atoms with van der Waals surface area (Å²) >= 11 is 0. The highest BCUT2D eigenvalue weighted by molar-refractivity contribution is 5.40. The molecule has 1 aromatic rings. The van der Waals surface area contributed by atoms with Gasteiger partial charge in [-0.1, -0.05) is 6.08 Å². The molecule has 0 aliphatic heterocycles. The van der Waals surface area contributed by atoms with Crippen LogP contribution in [0.5, 0.6) is 11.5 Å². The molecule has 3 nitrogen and oxygen atoms in total. The molecule has 0 atom stereocenters. The Labute approximate surface area is 123 Å². The van der Waals surface area contributed by atoms with E-state index < -0.39 is 0 Å². The van der Waals surface area contributed by atoms with Gasteiger partial charge in [-0.2, -0.15) is 0 Å². The first-order chi connectivity index (χ1) is 9.46. The van der Waals surface area contributed by atoms with Gasteiger partial charge in [-0.3, -0.25) is 0 Å². The van der Waals surface area contributed by atoms with Crippen molar-refractivity contribution in [1.82, 2.24) is 5.32 Å². The Morgan fingerprint density at radius 2 is 2.05 bits per heavy atom. The SMILES string of the molecule is C=CCCCOc1ccc(OC)cc1CNC(C)(C)C. The minimum Gasteiger partial charge on any atom is -0.497 e. The van der Waals surface area contributed by atoms with Crippen molar-refractivity contribution < 1.29 is 9.47 Å². The first-order valence-electron chi connectivity index (χ1n) is 7.12. The molecule has 0 heterocycles. The van der Waals surface area contributed by atoms with Gasteiger partial charge in [-0.15, -0.1) is 6.58 Å². The normalized spacial score (nSPS) is 11.2. The van der Waals surface area contributed by atoms with E-state index >= 15 is 0 Å². The molecule has 3 heteroatoms. The summed E-state index contributed by atoms with van der Waals surface area (Å²) in [6.07, 6.45) is 3.88. The second-order valence-electron chi connectivity index (χ2n) is 5.86. The summed E-state index contributed by atoms with van der Waals surface area (Å²) in [5.41, 5.74) is 1.20. The highest BCUT2D eigenvalue weighted by Gasteiger charge is 2.12. The summed E-state index contributed by atoms with van der Waals surface area (Å²) in [5.74, 6) is 1.78. The van der Waals surface area contributed by atoms with Crippen LogP contribution in [0.3, 0.4) is 0 Å². The molecule has 0 unspecified atom stereocenters. The second kappa shape index (κ2) is 7.95. The van der Waals surface area contributed by atoms with E-state index in [0.29, 0.717) is 6.61 Å². The summed E-state index contributed by atoms with van der Waals surface area (Å²) < 4.78 is 11.1. The van der Waals surface area contributed by atoms with E-state index in [1.165, 1.54) is 0 Å². The minimum absolute atomic E-state index is 0.0726. The van der Waals surface area contributed by atoms with E-state index in [1.807, 2.05) is 24.3 Å². The molecule has 0 aliphatic carbocycles. The molecule has 0 saturated heterocycles. The number of ether oxygens (including phenoxy) is 2. The molecule has 1 aromatic carbocycles. The van der Waals surface area contributed by atoms with Gasteiger partial charge in [0, 0.05) is 17.6 Å². The van der Waals surface area contributed by atoms with Gasteiger partial charge in [0.1, 0.15) is 11.5 Å². The van der Waals surface area contributed by atoms with E-state index in [9.17, 15) is 0 Å². The Morgan fingerprint density at radius 3 is 2.65 bits per heavy atom. The minimum atomic E-state index is 0.0726. The van der Waals surface area contributed by atoms with Gasteiger partial charge in [0.2, 0.25) is 0 Å². The summed E-state index contributed by atoms with van der Waals surface area (Å²) in [4.78, 5) is 0. The van der Waals surface area contributed by atoms with Crippen LogP contribution in [-0.2, 0) is 6.54 Å². The van der Waals surface area contributed by atoms with E-state index in [4.69, 9.17) is 9.47 Å². The Bertz CT molecular complexity index is 421. The number of benzene rings is 1. The quantitative estimate of drug-likeness (QED) is 0.577. The number of allylic oxidation sites excluding steroid dienone is 1. The van der Waals surface area contributed by atoms with Crippen molar-refractivity contribution in [2.24, 2.45) is 0 Å². The number of hydrogen-bond acceptors (Lipinski definition) is 3. The fourth-order valence-electron chi connectivity index (χ4n) is 1.73. The third-order valence-corrected chi connectivity index (χ3v) is 2.89. The molecular formula is C17H27NO2. The van der Waals surface area contributed by atoms with Crippen LogP contribution in [0.4, 0.5) is 0 Å². The van der Waals surface area contributed by atoms with Crippen LogP contribution in [0.1, 0.15) is 39.2 Å². The van der Waals surface area contributed by atoms with Crippen LogP contribution < -0.4 is 14.8 Å². The van der Waals surface area contributed by atoms with E-state index in [2.05, 4.69) is 32.7 Å². The van der Waals surface area contributed by atoms with Crippen molar-refractivity contribution in [3.05, 3.63) is 36.4 Å². The molecule has 0 aromatic heterocycles. The van der Waals surface area contributed by atoms with Crippen LogP contribution in [0, 0.1) is 0 Å². The van der Waals surface area contributed by atoms with Crippen molar-refractivity contribution >= 4 is 0 Å². The monoisotopic (exact) mass is 277 g/mol. The van der Waals surface area contributed by atoms with Crippen molar-refractivity contribution in [3.63, 3.8) is 0 Å². The molecule has 0 radical (unpaired) electrons. The lowest BCUT2D eigenvalue weighted by molar-refractivity contribution is 0.305. The van der Waals surface area contributed by atoms with Gasteiger partial charge in [0.05, 0.1) is 13.7 Å². The smallest absolute Gasteiger partial charge is 0.124 e. The molecule has 20 heavy (non-hydrogen) atoms. The number of hydrogen-bond donors (Lipinski definition) is 1. The molecule has 112 valence electrons. The molecule has 0 aliphatic rings. The maximum absolute atomic E-state index is 5.86. The van der Waals surface area contributed by atoms with Crippen LogP contribution >= 0.6 is 0 Å². The topological polar surface area (TPSA) is 30.5 Å². The lowest BCUT2D eigenvalue weighted by atomic mass is 10.1. The summed E-state index contributed by atoms with van der Waals surface area (Å²) in [6.45, 7) is 11.6. The van der Waals surface area contributed by atoms with Crippen LogP contribution in [0.2, 0.25) is 0 Å². The van der Waals surface area contributed by atoms with Gasteiger partial charge in [-0.25, -0.2) is 0 Å². The number of unbranched alkanes of at least 4 members (excludes halogenated alkanes) is 1. The predicted octanol–water partition coefficient (Wildman–Crippen LogP) is 3.93. The third kappa shape index (κ3) is 6.11. The standard InChI is InChI=1S/C17H27NO2/c1-6-7-8-11-20-16-10-9-15(19-5)12-14(16)13-18-17(2,3)4/h6,9-10,12,18H,1,7-8,11,13H2,2-5H3. The largest absolute Gasteiger partial charge is 0.497 e. The highest BCUT2D eigenvalue weighted by atomic mass is 16.5. The Morgan fingerprint density at radius 1 is 1.30 bits per heavy atom. The maximum atomic E-state index is 5.86. The Hall–Kier alpha value is -1.48. The third-order valence-electron chi connectivity index (χ3n) is 2.89. The van der Waals surface area contributed by atoms with E-state index in [0.717, 1.165) is 36.4 Å². The Kier molecular flexibility index (Phi) is 6.59. The summed E-state index contributed by atoms with van der Waals surface area (Å²) in [5, 5.41) is 3.48. The molecule has 0 bridgehead atoms. The zero-order valence-corrected chi connectivity index (χ0v) is 13.2. The average Bonchev–Trinajstić information content (AvgIpc) is 2.41. The van der Waals surface area contributed by atoms with Crippen molar-refractivity contribution in [2.75, 3.05) is 13.7 Å². The van der Waals surface area contributed by atoms with E-state index in [-0.39, 0.29) is 5.54 Å². The van der Waals surface area contributed by atoms with Gasteiger partial charge in [-0.05, 0) is 51.8 Å². The predicted molar refractivity (Wildman–Crippen MR) is 84.5 cm³/mol. The first-order valence-corrected chi connectivity index (χ1v) is 7.12. The molecule has 0 saturated carbocycles. The number of methoxy groups -OCH3 is 1. The van der Waals surface area contributed by atoms with Gasteiger partial charge >= 0.3 is 0 Å². The molecule has 1 rings (SSSR count). The lowest BCUT2D eigenvalue weighted by Crippen LogP contribution is -2.35. The van der Waals surface area contributed by atoms with Crippen LogP contribution in [-0.4, -0.2) is 19.3 Å². The first kappa shape index (κ1) is 16.6. The highest BCUT2D eigenvalue weighted by Crippen LogP contribution is 2.25. The molecule has 0 amide bonds. The lowest BCUT2D eigenvalue weighted by Gasteiger charge is -2.22. The molecule has 1 N–H and O–H groups in total. The van der Waals surface area contributed by atoms with Crippen molar-refractivity contribution in [3.8, 4) is 11.5 Å². The van der Waals surface area contributed by atoms with Crippen molar-refractivity contribution in [2.45, 2.75) is 45.7 Å².